The maximum absolute atomic E-state index is 12.9. The summed E-state index contributed by atoms with van der Waals surface area (Å²) in [5, 5.41) is 0. The summed E-state index contributed by atoms with van der Waals surface area (Å²) >= 11 is 0. The average Bonchev–Trinajstić information content (AvgIpc) is 2.67. The van der Waals surface area contributed by atoms with Gasteiger partial charge in [-0.15, -0.1) is 0 Å². The molecular formula is C11H13F3N2O2S. The first kappa shape index (κ1) is 14.1. The summed E-state index contributed by atoms with van der Waals surface area (Å²) in [6.45, 7) is -0.0382. The Labute approximate surface area is 109 Å². The summed E-state index contributed by atoms with van der Waals surface area (Å²) in [6, 6.07) is 3.44. The number of anilines is 1. The molecule has 0 spiro atoms. The fraction of sp³-hybridized carbons (Fsp3) is 0.455. The van der Waals surface area contributed by atoms with Crippen molar-refractivity contribution in [2.45, 2.75) is 19.1 Å². The van der Waals surface area contributed by atoms with Gasteiger partial charge in [-0.1, -0.05) is 6.07 Å². The van der Waals surface area contributed by atoms with Gasteiger partial charge < -0.3 is 5.73 Å². The molecule has 0 unspecified atom stereocenters. The van der Waals surface area contributed by atoms with Crippen LogP contribution in [0.4, 0.5) is 18.9 Å². The Morgan fingerprint density at radius 3 is 2.47 bits per heavy atom. The second kappa shape index (κ2) is 4.68. The van der Waals surface area contributed by atoms with Gasteiger partial charge in [-0.2, -0.15) is 13.2 Å². The number of alkyl halides is 3. The Kier molecular flexibility index (Phi) is 3.48. The molecule has 0 saturated carbocycles. The molecule has 1 aromatic rings. The number of nitrogens with two attached hydrogens (primary N) is 1. The number of sulfonamides is 1. The van der Waals surface area contributed by atoms with Crippen molar-refractivity contribution in [2.24, 2.45) is 5.73 Å². The molecule has 19 heavy (non-hydrogen) atoms. The van der Waals surface area contributed by atoms with Crippen LogP contribution in [0.1, 0.15) is 17.5 Å². The van der Waals surface area contributed by atoms with Gasteiger partial charge in [-0.05, 0) is 24.1 Å². The lowest BCUT2D eigenvalue weighted by Crippen LogP contribution is -2.25. The maximum Gasteiger partial charge on any atom is 0.416 e. The van der Waals surface area contributed by atoms with Crippen molar-refractivity contribution in [2.75, 3.05) is 16.6 Å². The Balaban J connectivity index is 2.50. The first-order valence-corrected chi connectivity index (χ1v) is 7.27. The Morgan fingerprint density at radius 1 is 1.32 bits per heavy atom. The van der Waals surface area contributed by atoms with Crippen LogP contribution in [0.25, 0.3) is 0 Å². The normalized spacial score (nSPS) is 18.8. The molecule has 0 atom stereocenters. The van der Waals surface area contributed by atoms with Gasteiger partial charge in [0.25, 0.3) is 0 Å². The number of nitrogens with zero attached hydrogens (tertiary/aromatic N) is 1. The smallest absolute Gasteiger partial charge is 0.326 e. The highest BCUT2D eigenvalue weighted by Gasteiger charge is 2.35. The Bertz CT molecular complexity index is 584. The molecule has 1 aliphatic rings. The van der Waals surface area contributed by atoms with Crippen molar-refractivity contribution in [3.63, 3.8) is 0 Å². The van der Waals surface area contributed by atoms with Gasteiger partial charge in [0.2, 0.25) is 10.0 Å². The minimum absolute atomic E-state index is 0.0347. The number of hydrogen-bond donors (Lipinski definition) is 1. The molecular weight excluding hydrogens is 281 g/mol. The van der Waals surface area contributed by atoms with Gasteiger partial charge in [-0.3, -0.25) is 4.31 Å². The van der Waals surface area contributed by atoms with E-state index in [1.54, 1.807) is 0 Å². The van der Waals surface area contributed by atoms with Crippen molar-refractivity contribution in [1.82, 2.24) is 0 Å². The van der Waals surface area contributed by atoms with Crippen molar-refractivity contribution in [3.8, 4) is 0 Å². The molecule has 2 N–H and O–H groups in total. The van der Waals surface area contributed by atoms with E-state index in [0.29, 0.717) is 6.42 Å². The highest BCUT2D eigenvalue weighted by Crippen LogP contribution is 2.35. The first-order chi connectivity index (χ1) is 8.75. The van der Waals surface area contributed by atoms with Crippen LogP contribution < -0.4 is 10.0 Å². The standard InChI is InChI=1S/C11H13F3N2O2S/c12-11(13,14)10-6-9(3-2-8(10)7-15)16-4-1-5-19(16,17)18/h2-3,6H,1,4-5,7,15H2. The van der Waals surface area contributed by atoms with Crippen molar-refractivity contribution < 1.29 is 21.6 Å². The van der Waals surface area contributed by atoms with Crippen LogP contribution in [0, 0.1) is 0 Å². The third-order valence-electron chi connectivity index (χ3n) is 3.01. The second-order valence-corrected chi connectivity index (χ2v) is 6.30. The van der Waals surface area contributed by atoms with Crippen molar-refractivity contribution in [1.29, 1.82) is 0 Å². The summed E-state index contributed by atoms with van der Waals surface area (Å²) in [7, 11) is -3.49. The zero-order chi connectivity index (χ0) is 14.3. The van der Waals surface area contributed by atoms with E-state index in [9.17, 15) is 21.6 Å². The van der Waals surface area contributed by atoms with Crippen LogP contribution in [-0.4, -0.2) is 20.7 Å². The second-order valence-electron chi connectivity index (χ2n) is 4.29. The fourth-order valence-corrected chi connectivity index (χ4v) is 3.65. The largest absolute Gasteiger partial charge is 0.416 e. The minimum Gasteiger partial charge on any atom is -0.326 e. The van der Waals surface area contributed by atoms with E-state index in [0.717, 1.165) is 10.4 Å². The summed E-state index contributed by atoms with van der Waals surface area (Å²) in [6.07, 6.45) is -4.13. The fourth-order valence-electron chi connectivity index (χ4n) is 2.09. The third kappa shape index (κ3) is 2.69. The zero-order valence-electron chi connectivity index (χ0n) is 9.94. The van der Waals surface area contributed by atoms with E-state index >= 15 is 0 Å². The molecule has 1 heterocycles. The molecule has 0 radical (unpaired) electrons. The topological polar surface area (TPSA) is 63.4 Å². The third-order valence-corrected chi connectivity index (χ3v) is 4.88. The highest BCUT2D eigenvalue weighted by atomic mass is 32.2. The lowest BCUT2D eigenvalue weighted by atomic mass is 10.1. The molecule has 0 aliphatic carbocycles. The predicted octanol–water partition coefficient (Wildman–Crippen LogP) is 1.70. The minimum atomic E-state index is -4.55. The summed E-state index contributed by atoms with van der Waals surface area (Å²) in [4.78, 5) is 0. The molecule has 0 bridgehead atoms. The summed E-state index contributed by atoms with van der Waals surface area (Å²) < 4.78 is 63.0. The zero-order valence-corrected chi connectivity index (χ0v) is 10.8. The van der Waals surface area contributed by atoms with E-state index in [4.69, 9.17) is 5.73 Å². The van der Waals surface area contributed by atoms with Crippen LogP contribution in [0.3, 0.4) is 0 Å². The molecule has 0 amide bonds. The van der Waals surface area contributed by atoms with Crippen molar-refractivity contribution in [3.05, 3.63) is 29.3 Å². The van der Waals surface area contributed by atoms with Crippen LogP contribution in [-0.2, 0) is 22.7 Å². The van der Waals surface area contributed by atoms with Crippen LogP contribution in [0.5, 0.6) is 0 Å². The highest BCUT2D eigenvalue weighted by molar-refractivity contribution is 7.93. The number of halogens is 3. The van der Waals surface area contributed by atoms with Crippen LogP contribution in [0.15, 0.2) is 18.2 Å². The first-order valence-electron chi connectivity index (χ1n) is 5.66. The van der Waals surface area contributed by atoms with E-state index in [-0.39, 0.29) is 30.1 Å². The molecule has 4 nitrogen and oxygen atoms in total. The van der Waals surface area contributed by atoms with Gasteiger partial charge in [0, 0.05) is 13.1 Å². The number of rotatable bonds is 2. The summed E-state index contributed by atoms with van der Waals surface area (Å²) in [5.41, 5.74) is 4.39. The molecule has 8 heteroatoms. The van der Waals surface area contributed by atoms with Gasteiger partial charge in [-0.25, -0.2) is 8.42 Å². The lowest BCUT2D eigenvalue weighted by molar-refractivity contribution is -0.138. The van der Waals surface area contributed by atoms with Crippen LogP contribution in [0.2, 0.25) is 0 Å². The lowest BCUT2D eigenvalue weighted by Gasteiger charge is -2.20. The monoisotopic (exact) mass is 294 g/mol. The molecule has 1 aliphatic heterocycles. The van der Waals surface area contributed by atoms with Crippen molar-refractivity contribution >= 4 is 15.7 Å². The average molecular weight is 294 g/mol. The Hall–Kier alpha value is -1.28. The predicted molar refractivity (Wildman–Crippen MR) is 65.1 cm³/mol. The summed E-state index contributed by atoms with van der Waals surface area (Å²) in [5.74, 6) is -0.0347. The van der Waals surface area contributed by atoms with E-state index in [2.05, 4.69) is 0 Å². The molecule has 1 aromatic carbocycles. The van der Waals surface area contributed by atoms with Gasteiger partial charge in [0.15, 0.2) is 0 Å². The van der Waals surface area contributed by atoms with E-state index < -0.39 is 21.8 Å². The molecule has 106 valence electrons. The number of benzene rings is 1. The quantitative estimate of drug-likeness (QED) is 0.903. The van der Waals surface area contributed by atoms with E-state index in [1.807, 2.05) is 0 Å². The molecule has 1 fully saturated rings. The molecule has 0 aromatic heterocycles. The van der Waals surface area contributed by atoms with E-state index in [1.165, 1.54) is 12.1 Å². The maximum atomic E-state index is 12.9. The van der Waals surface area contributed by atoms with Crippen LogP contribution >= 0.6 is 0 Å². The number of hydrogen-bond acceptors (Lipinski definition) is 3. The van der Waals surface area contributed by atoms with Gasteiger partial charge in [0.05, 0.1) is 17.0 Å². The Morgan fingerprint density at radius 2 is 2.00 bits per heavy atom. The van der Waals surface area contributed by atoms with Gasteiger partial charge >= 0.3 is 6.18 Å². The molecule has 1 saturated heterocycles. The SMILES string of the molecule is NCc1ccc(N2CCCS2(=O)=O)cc1C(F)(F)F. The molecule has 2 rings (SSSR count). The van der Waals surface area contributed by atoms with Gasteiger partial charge in [0.1, 0.15) is 0 Å².